The first kappa shape index (κ1) is 26.3. The summed E-state index contributed by atoms with van der Waals surface area (Å²) < 4.78 is 69.9. The highest BCUT2D eigenvalue weighted by atomic mass is 19.3. The van der Waals surface area contributed by atoms with Gasteiger partial charge in [0, 0.05) is 36.8 Å². The maximum absolute atomic E-state index is 13.3. The predicted octanol–water partition coefficient (Wildman–Crippen LogP) is 5.70. The van der Waals surface area contributed by atoms with Gasteiger partial charge in [0.2, 0.25) is 0 Å². The van der Waals surface area contributed by atoms with Crippen LogP contribution in [0.4, 0.5) is 17.6 Å². The molecule has 2 heterocycles. The molecule has 2 saturated carbocycles. The van der Waals surface area contributed by atoms with E-state index in [9.17, 15) is 22.4 Å². The van der Waals surface area contributed by atoms with Gasteiger partial charge in [0.05, 0.1) is 25.5 Å². The number of carbonyl (C=O) groups excluding carboxylic acids is 1. The fraction of sp³-hybridized carbons (Fsp3) is 0.481. The van der Waals surface area contributed by atoms with E-state index in [1.54, 1.807) is 39.9 Å². The number of halogens is 4. The van der Waals surface area contributed by atoms with Gasteiger partial charge in [-0.1, -0.05) is 0 Å². The second-order valence-corrected chi connectivity index (χ2v) is 9.70. The number of Topliss-reactive ketones (excluding diaryl/α,β-unsaturated/α-hetero) is 1. The zero-order chi connectivity index (χ0) is 26.8. The van der Waals surface area contributed by atoms with E-state index in [0.717, 1.165) is 25.7 Å². The van der Waals surface area contributed by atoms with E-state index in [-0.39, 0.29) is 54.4 Å². The lowest BCUT2D eigenvalue weighted by atomic mass is 10.00. The van der Waals surface area contributed by atoms with Crippen molar-refractivity contribution in [3.8, 4) is 28.5 Å². The molecule has 5 rings (SSSR count). The van der Waals surface area contributed by atoms with E-state index < -0.39 is 13.0 Å². The van der Waals surface area contributed by atoms with Crippen molar-refractivity contribution < 1.29 is 36.6 Å². The number of pyridine rings is 1. The van der Waals surface area contributed by atoms with Crippen molar-refractivity contribution in [2.75, 3.05) is 26.8 Å². The number of rotatable bonds is 14. The van der Waals surface area contributed by atoms with Crippen LogP contribution in [0.1, 0.15) is 42.5 Å². The highest BCUT2D eigenvalue weighted by Crippen LogP contribution is 2.40. The van der Waals surface area contributed by atoms with E-state index in [1.807, 2.05) is 0 Å². The molecule has 0 spiro atoms. The third-order valence-corrected chi connectivity index (χ3v) is 6.82. The molecule has 0 aliphatic heterocycles. The van der Waals surface area contributed by atoms with Gasteiger partial charge in [-0.2, -0.15) is 8.78 Å². The monoisotopic (exact) mass is 535 g/mol. The number of fused-ring (bicyclic) bond motifs is 1. The molecule has 7 nitrogen and oxygen atoms in total. The lowest BCUT2D eigenvalue weighted by molar-refractivity contribution is -0.0502. The van der Waals surface area contributed by atoms with E-state index in [0.29, 0.717) is 29.2 Å². The number of benzene rings is 1. The largest absolute Gasteiger partial charge is 0.496 e. The summed E-state index contributed by atoms with van der Waals surface area (Å²) in [5.41, 5.74) is 1.60. The summed E-state index contributed by atoms with van der Waals surface area (Å²) in [5, 5.41) is 0. The summed E-state index contributed by atoms with van der Waals surface area (Å²) in [5.74, 6) is 0.423. The van der Waals surface area contributed by atoms with Gasteiger partial charge < -0.3 is 14.2 Å². The Morgan fingerprint density at radius 3 is 2.55 bits per heavy atom. The number of methoxy groups -OCH3 is 1. The fourth-order valence-electron chi connectivity index (χ4n) is 4.63. The molecule has 2 fully saturated rings. The van der Waals surface area contributed by atoms with Crippen molar-refractivity contribution in [3.63, 3.8) is 0 Å². The molecule has 204 valence electrons. The van der Waals surface area contributed by atoms with E-state index in [1.165, 1.54) is 13.2 Å². The molecule has 0 bridgehead atoms. The zero-order valence-corrected chi connectivity index (χ0v) is 20.9. The highest BCUT2D eigenvalue weighted by molar-refractivity contribution is 6.02. The van der Waals surface area contributed by atoms with Crippen LogP contribution in [0.15, 0.2) is 36.7 Å². The number of alkyl halides is 4. The Labute approximate surface area is 217 Å². The van der Waals surface area contributed by atoms with E-state index in [2.05, 4.69) is 4.98 Å². The van der Waals surface area contributed by atoms with Gasteiger partial charge in [-0.25, -0.2) is 13.8 Å². The number of ketones is 1. The lowest BCUT2D eigenvalue weighted by Crippen LogP contribution is -2.34. The number of hydrogen-bond acceptors (Lipinski definition) is 6. The molecule has 0 radical (unpaired) electrons. The third kappa shape index (κ3) is 6.20. The van der Waals surface area contributed by atoms with Crippen molar-refractivity contribution in [1.29, 1.82) is 0 Å². The molecule has 3 aromatic rings. The second kappa shape index (κ2) is 11.2. The van der Waals surface area contributed by atoms with Crippen LogP contribution < -0.4 is 14.2 Å². The highest BCUT2D eigenvalue weighted by Gasteiger charge is 2.31. The Balaban J connectivity index is 1.37. The van der Waals surface area contributed by atoms with Crippen molar-refractivity contribution in [2.24, 2.45) is 5.92 Å². The summed E-state index contributed by atoms with van der Waals surface area (Å²) in [6, 6.07) is 6.64. The van der Waals surface area contributed by atoms with E-state index >= 15 is 0 Å². The first-order chi connectivity index (χ1) is 18.3. The van der Waals surface area contributed by atoms with Crippen LogP contribution in [0.2, 0.25) is 0 Å². The molecular weight excluding hydrogens is 506 g/mol. The number of aromatic nitrogens is 2. The predicted molar refractivity (Wildman–Crippen MR) is 132 cm³/mol. The van der Waals surface area contributed by atoms with Crippen LogP contribution in [0.5, 0.6) is 17.2 Å². The normalized spacial score (nSPS) is 15.6. The summed E-state index contributed by atoms with van der Waals surface area (Å²) in [7, 11) is 1.38. The molecule has 38 heavy (non-hydrogen) atoms. The smallest absolute Gasteiger partial charge is 0.387 e. The van der Waals surface area contributed by atoms with Gasteiger partial charge in [0.25, 0.3) is 6.43 Å². The Morgan fingerprint density at radius 1 is 1.13 bits per heavy atom. The molecule has 1 aromatic carbocycles. The minimum absolute atomic E-state index is 0.0139. The molecule has 0 atom stereocenters. The van der Waals surface area contributed by atoms with Gasteiger partial charge in [0.15, 0.2) is 5.78 Å². The molecule has 2 aliphatic rings. The Hall–Kier alpha value is -3.34. The molecule has 0 N–H and O–H groups in total. The first-order valence-corrected chi connectivity index (χ1v) is 12.6. The van der Waals surface area contributed by atoms with Crippen molar-refractivity contribution >= 4 is 11.4 Å². The average Bonchev–Trinajstić information content (AvgIpc) is 3.80. The summed E-state index contributed by atoms with van der Waals surface area (Å²) in [6.07, 6.45) is 4.92. The standard InChI is InChI=1S/C27H29F4N3O4/c1-36-22-11-17(12-23(38-27(30)31)26(22)21(35)10-16-2-3-16)20-14-32-25-13-19(6-7-34(20)25)37-9-8-33(15-24(28)29)18-4-5-18/h6-7,11-14,16,18,24,27H,2-5,8-10,15H2,1H3. The number of ether oxygens (including phenoxy) is 3. The van der Waals surface area contributed by atoms with Crippen LogP contribution in [-0.4, -0.2) is 66.0 Å². The van der Waals surface area contributed by atoms with Crippen LogP contribution in [0, 0.1) is 5.92 Å². The molecular formula is C27H29F4N3O4. The van der Waals surface area contributed by atoms with E-state index in [4.69, 9.17) is 14.2 Å². The Bertz CT molecular complexity index is 1290. The number of carbonyl (C=O) groups is 1. The van der Waals surface area contributed by atoms with Crippen molar-refractivity contribution in [3.05, 3.63) is 42.2 Å². The number of imidazole rings is 1. The molecule has 0 amide bonds. The Morgan fingerprint density at radius 2 is 1.89 bits per heavy atom. The van der Waals surface area contributed by atoms with Crippen LogP contribution in [0.25, 0.3) is 16.9 Å². The lowest BCUT2D eigenvalue weighted by Gasteiger charge is -2.21. The third-order valence-electron chi connectivity index (χ3n) is 6.82. The summed E-state index contributed by atoms with van der Waals surface area (Å²) >= 11 is 0. The quantitative estimate of drug-likeness (QED) is 0.195. The van der Waals surface area contributed by atoms with Gasteiger partial charge in [0.1, 0.15) is 35.1 Å². The molecule has 2 aliphatic carbocycles. The maximum atomic E-state index is 13.3. The van der Waals surface area contributed by atoms with Gasteiger partial charge >= 0.3 is 6.61 Å². The van der Waals surface area contributed by atoms with Crippen molar-refractivity contribution in [2.45, 2.75) is 51.2 Å². The minimum Gasteiger partial charge on any atom is -0.496 e. The maximum Gasteiger partial charge on any atom is 0.387 e. The minimum atomic E-state index is -3.11. The van der Waals surface area contributed by atoms with Crippen LogP contribution in [0.3, 0.4) is 0 Å². The first-order valence-electron chi connectivity index (χ1n) is 12.6. The topological polar surface area (TPSA) is 65.3 Å². The molecule has 11 heteroatoms. The molecule has 0 saturated heterocycles. The zero-order valence-electron chi connectivity index (χ0n) is 20.9. The average molecular weight is 536 g/mol. The molecule has 2 aromatic heterocycles. The van der Waals surface area contributed by atoms with Gasteiger partial charge in [-0.05, 0) is 49.8 Å². The summed E-state index contributed by atoms with van der Waals surface area (Å²) in [6.45, 7) is -2.71. The number of hydrogen-bond donors (Lipinski definition) is 0. The van der Waals surface area contributed by atoms with Gasteiger partial charge in [-0.15, -0.1) is 0 Å². The Kier molecular flexibility index (Phi) is 7.73. The van der Waals surface area contributed by atoms with Crippen LogP contribution >= 0.6 is 0 Å². The second-order valence-electron chi connectivity index (χ2n) is 9.70. The van der Waals surface area contributed by atoms with Crippen LogP contribution in [-0.2, 0) is 0 Å². The molecule has 0 unspecified atom stereocenters. The van der Waals surface area contributed by atoms with Gasteiger partial charge in [-0.3, -0.25) is 14.1 Å². The SMILES string of the molecule is COc1cc(-c2cnc3cc(OCCN(CC(F)F)C4CC4)ccn23)cc(OC(F)F)c1C(=O)CC1CC1. The van der Waals surface area contributed by atoms with Crippen molar-refractivity contribution in [1.82, 2.24) is 14.3 Å². The fourth-order valence-corrected chi connectivity index (χ4v) is 4.63. The number of nitrogens with zero attached hydrogens (tertiary/aromatic N) is 3. The summed E-state index contributed by atoms with van der Waals surface area (Å²) in [4.78, 5) is 19.0.